The molecule has 0 fully saturated rings. The van der Waals surface area contributed by atoms with E-state index in [1.807, 2.05) is 0 Å². The molecule has 0 radical (unpaired) electrons. The molecule has 0 saturated carbocycles. The Bertz CT molecular complexity index is 647. The minimum atomic E-state index is -3.45. The van der Waals surface area contributed by atoms with Crippen molar-refractivity contribution in [3.8, 4) is 0 Å². The Morgan fingerprint density at radius 2 is 2.25 bits per heavy atom. The minimum Gasteiger partial charge on any atom is -0.354 e. The van der Waals surface area contributed by atoms with E-state index in [-0.39, 0.29) is 17.1 Å². The molecule has 1 atom stereocenters. The summed E-state index contributed by atoms with van der Waals surface area (Å²) in [5.41, 5.74) is 2.89. The summed E-state index contributed by atoms with van der Waals surface area (Å²) in [4.78, 5) is 3.79. The molecule has 0 aromatic heterocycles. The zero-order valence-corrected chi connectivity index (χ0v) is 11.8. The van der Waals surface area contributed by atoms with E-state index in [1.54, 1.807) is 6.92 Å². The van der Waals surface area contributed by atoms with Crippen molar-refractivity contribution in [2.24, 2.45) is 4.99 Å². The number of benzene rings is 1. The van der Waals surface area contributed by atoms with Crippen molar-refractivity contribution in [1.29, 1.82) is 0 Å². The highest BCUT2D eigenvalue weighted by Gasteiger charge is 2.25. The van der Waals surface area contributed by atoms with Crippen LogP contribution in [-0.2, 0) is 10.0 Å². The van der Waals surface area contributed by atoms with Gasteiger partial charge in [0.1, 0.15) is 11.7 Å². The van der Waals surface area contributed by atoms with Crippen LogP contribution in [0, 0.1) is 5.82 Å². The van der Waals surface area contributed by atoms with Gasteiger partial charge in [-0.15, -0.1) is 0 Å². The number of hydrazine groups is 1. The standard InChI is InChI=1S/C11H15FN4O3S/c1-3-20(18,19)15-8-4-5-9(12)10(6-8)16-11(17)13-7(2)14-16/h4-6,11,15,17H,3H2,1-2H3,(H,13,14). The van der Waals surface area contributed by atoms with Crippen molar-refractivity contribution in [1.82, 2.24) is 5.43 Å². The molecule has 1 aliphatic heterocycles. The van der Waals surface area contributed by atoms with Gasteiger partial charge in [-0.05, 0) is 32.0 Å². The first-order chi connectivity index (χ1) is 9.32. The molecule has 1 aliphatic rings. The Balaban J connectivity index is 2.31. The highest BCUT2D eigenvalue weighted by atomic mass is 32.2. The number of nitrogens with zero attached hydrogens (tertiary/aromatic N) is 2. The topological polar surface area (TPSA) is 94.0 Å². The number of hydrogen-bond donors (Lipinski definition) is 3. The molecule has 0 amide bonds. The Labute approximate surface area is 116 Å². The molecule has 1 aromatic carbocycles. The summed E-state index contributed by atoms with van der Waals surface area (Å²) in [5, 5.41) is 10.8. The number of aliphatic imine (C=N–C) groups is 1. The van der Waals surface area contributed by atoms with Crippen LogP contribution < -0.4 is 15.2 Å². The van der Waals surface area contributed by atoms with Gasteiger partial charge in [0.15, 0.2) is 0 Å². The average Bonchev–Trinajstić information content (AvgIpc) is 2.70. The molecule has 2 rings (SSSR count). The van der Waals surface area contributed by atoms with Gasteiger partial charge in [-0.3, -0.25) is 10.1 Å². The lowest BCUT2D eigenvalue weighted by Crippen LogP contribution is -2.41. The zero-order valence-electron chi connectivity index (χ0n) is 11.0. The fourth-order valence-electron chi connectivity index (χ4n) is 1.69. The highest BCUT2D eigenvalue weighted by molar-refractivity contribution is 7.92. The quantitative estimate of drug-likeness (QED) is 0.757. The van der Waals surface area contributed by atoms with Gasteiger partial charge in [-0.1, -0.05) is 0 Å². The maximum absolute atomic E-state index is 13.8. The van der Waals surface area contributed by atoms with Gasteiger partial charge < -0.3 is 5.11 Å². The van der Waals surface area contributed by atoms with Crippen LogP contribution in [0.4, 0.5) is 15.8 Å². The number of aliphatic hydroxyl groups excluding tert-OH is 1. The third-order valence-corrected chi connectivity index (χ3v) is 3.99. The second-order valence-corrected chi connectivity index (χ2v) is 6.23. The van der Waals surface area contributed by atoms with E-state index >= 15 is 0 Å². The molecule has 1 heterocycles. The molecule has 1 aromatic rings. The molecule has 110 valence electrons. The monoisotopic (exact) mass is 302 g/mol. The van der Waals surface area contributed by atoms with Crippen LogP contribution in [0.1, 0.15) is 13.8 Å². The fraction of sp³-hybridized carbons (Fsp3) is 0.364. The summed E-state index contributed by atoms with van der Waals surface area (Å²) in [6.45, 7) is 3.11. The van der Waals surface area contributed by atoms with Crippen LogP contribution in [0.5, 0.6) is 0 Å². The van der Waals surface area contributed by atoms with E-state index in [0.29, 0.717) is 5.84 Å². The number of hydrogen-bond acceptors (Lipinski definition) is 6. The maximum atomic E-state index is 13.8. The first-order valence-electron chi connectivity index (χ1n) is 5.91. The van der Waals surface area contributed by atoms with E-state index in [9.17, 15) is 17.9 Å². The number of halogens is 1. The Kier molecular flexibility index (Phi) is 3.82. The number of rotatable bonds is 4. The predicted octanol–water partition coefficient (Wildman–Crippen LogP) is 0.606. The van der Waals surface area contributed by atoms with Crippen molar-refractivity contribution >= 4 is 27.2 Å². The minimum absolute atomic E-state index is 0.00518. The molecular weight excluding hydrogens is 287 g/mol. The maximum Gasteiger partial charge on any atom is 0.245 e. The van der Waals surface area contributed by atoms with Crippen molar-refractivity contribution in [2.75, 3.05) is 15.5 Å². The Morgan fingerprint density at radius 1 is 1.55 bits per heavy atom. The van der Waals surface area contributed by atoms with E-state index in [4.69, 9.17) is 0 Å². The second-order valence-electron chi connectivity index (χ2n) is 4.21. The third kappa shape index (κ3) is 2.99. The first kappa shape index (κ1) is 14.5. The summed E-state index contributed by atoms with van der Waals surface area (Å²) in [7, 11) is -3.45. The molecule has 7 nitrogen and oxygen atoms in total. The molecule has 3 N–H and O–H groups in total. The second kappa shape index (κ2) is 5.25. The van der Waals surface area contributed by atoms with Crippen molar-refractivity contribution in [2.45, 2.75) is 20.2 Å². The fourth-order valence-corrected chi connectivity index (χ4v) is 2.32. The molecule has 0 bridgehead atoms. The molecule has 9 heteroatoms. The normalized spacial score (nSPS) is 18.7. The molecular formula is C11H15FN4O3S. The largest absolute Gasteiger partial charge is 0.354 e. The Morgan fingerprint density at radius 3 is 2.80 bits per heavy atom. The summed E-state index contributed by atoms with van der Waals surface area (Å²) in [5.74, 6) is -0.274. The van der Waals surface area contributed by atoms with Crippen molar-refractivity contribution in [3.63, 3.8) is 0 Å². The zero-order chi connectivity index (χ0) is 14.9. The van der Waals surface area contributed by atoms with Crippen LogP contribution in [0.25, 0.3) is 0 Å². The number of aliphatic hydroxyl groups is 1. The summed E-state index contributed by atoms with van der Waals surface area (Å²) >= 11 is 0. The Hall–Kier alpha value is -1.87. The van der Waals surface area contributed by atoms with Gasteiger partial charge in [-0.2, -0.15) is 0 Å². The highest BCUT2D eigenvalue weighted by Crippen LogP contribution is 2.26. The number of anilines is 2. The van der Waals surface area contributed by atoms with Gasteiger partial charge >= 0.3 is 0 Å². The van der Waals surface area contributed by atoms with Crippen LogP contribution in [0.15, 0.2) is 23.2 Å². The lowest BCUT2D eigenvalue weighted by atomic mass is 10.2. The van der Waals surface area contributed by atoms with Crippen LogP contribution >= 0.6 is 0 Å². The lowest BCUT2D eigenvalue weighted by Gasteiger charge is -2.22. The molecule has 0 saturated heterocycles. The lowest BCUT2D eigenvalue weighted by molar-refractivity contribution is 0.182. The van der Waals surface area contributed by atoms with Crippen LogP contribution in [-0.4, -0.2) is 31.5 Å². The smallest absolute Gasteiger partial charge is 0.245 e. The molecule has 0 spiro atoms. The van der Waals surface area contributed by atoms with E-state index in [2.05, 4.69) is 15.1 Å². The van der Waals surface area contributed by atoms with E-state index in [0.717, 1.165) is 11.1 Å². The number of nitrogens with one attached hydrogen (secondary N) is 2. The summed E-state index contributed by atoms with van der Waals surface area (Å²) in [6, 6.07) is 3.71. The van der Waals surface area contributed by atoms with Crippen LogP contribution in [0.3, 0.4) is 0 Å². The average molecular weight is 302 g/mol. The van der Waals surface area contributed by atoms with Crippen LogP contribution in [0.2, 0.25) is 0 Å². The first-order valence-corrected chi connectivity index (χ1v) is 7.56. The molecule has 0 aliphatic carbocycles. The van der Waals surface area contributed by atoms with E-state index in [1.165, 1.54) is 19.1 Å². The van der Waals surface area contributed by atoms with Gasteiger partial charge in [0.05, 0.1) is 17.1 Å². The van der Waals surface area contributed by atoms with Gasteiger partial charge in [0, 0.05) is 0 Å². The predicted molar refractivity (Wildman–Crippen MR) is 74.2 cm³/mol. The molecule has 20 heavy (non-hydrogen) atoms. The van der Waals surface area contributed by atoms with Gasteiger partial charge in [0.2, 0.25) is 16.4 Å². The molecule has 1 unspecified atom stereocenters. The third-order valence-electron chi connectivity index (χ3n) is 2.68. The van der Waals surface area contributed by atoms with Crippen molar-refractivity contribution in [3.05, 3.63) is 24.0 Å². The number of sulfonamides is 1. The van der Waals surface area contributed by atoms with E-state index < -0.39 is 22.2 Å². The summed E-state index contributed by atoms with van der Waals surface area (Å²) < 4.78 is 39.1. The van der Waals surface area contributed by atoms with Gasteiger partial charge in [0.25, 0.3) is 0 Å². The number of amidine groups is 1. The summed E-state index contributed by atoms with van der Waals surface area (Å²) in [6.07, 6.45) is -1.26. The SMILES string of the molecule is CCS(=O)(=O)Nc1ccc(F)c(N2NC(C)=NC2O)c1. The van der Waals surface area contributed by atoms with Gasteiger partial charge in [-0.25, -0.2) is 22.8 Å². The van der Waals surface area contributed by atoms with Crippen molar-refractivity contribution < 1.29 is 17.9 Å².